The first-order valence-electron chi connectivity index (χ1n) is 8.84. The molecule has 0 bridgehead atoms. The average Bonchev–Trinajstić information content (AvgIpc) is 3.36. The summed E-state index contributed by atoms with van der Waals surface area (Å²) < 4.78 is 18.9. The fourth-order valence-corrected chi connectivity index (χ4v) is 4.75. The van der Waals surface area contributed by atoms with Crippen molar-refractivity contribution in [3.8, 4) is 0 Å². The first-order valence-corrected chi connectivity index (χ1v) is 8.84. The number of nitrogens with zero attached hydrogens (tertiary/aromatic N) is 1. The van der Waals surface area contributed by atoms with Crippen LogP contribution in [0.25, 0.3) is 0 Å². The molecule has 1 spiro atoms. The third-order valence-corrected chi connectivity index (χ3v) is 5.65. The van der Waals surface area contributed by atoms with E-state index in [9.17, 15) is 0 Å². The summed E-state index contributed by atoms with van der Waals surface area (Å²) in [5.41, 5.74) is 1.81. The van der Waals surface area contributed by atoms with Gasteiger partial charge in [0.25, 0.3) is 0 Å². The second kappa shape index (κ2) is 5.43. The number of hydrogen-bond acceptors (Lipinski definition) is 4. The Kier molecular flexibility index (Phi) is 3.32. The predicted molar refractivity (Wildman–Crippen MR) is 92.1 cm³/mol. The van der Waals surface area contributed by atoms with Crippen molar-refractivity contribution < 1.29 is 14.0 Å². The van der Waals surface area contributed by atoms with Gasteiger partial charge < -0.3 is 18.8 Å². The van der Waals surface area contributed by atoms with Crippen LogP contribution in [0, 0.1) is 0 Å². The molecule has 2 aromatic carbocycles. The first-order chi connectivity index (χ1) is 11.9. The second-order valence-corrected chi connectivity index (χ2v) is 6.83. The van der Waals surface area contributed by atoms with E-state index >= 15 is 0 Å². The van der Waals surface area contributed by atoms with Gasteiger partial charge in [0.1, 0.15) is 0 Å². The van der Waals surface area contributed by atoms with E-state index in [2.05, 4.69) is 53.3 Å². The maximum Gasteiger partial charge on any atom is 0.465 e. The van der Waals surface area contributed by atoms with Crippen LogP contribution in [0.3, 0.4) is 0 Å². The monoisotopic (exact) mass is 322 g/mol. The number of hydrogen-bond donors (Lipinski definition) is 0. The van der Waals surface area contributed by atoms with Gasteiger partial charge in [0, 0.05) is 19.3 Å². The molecular formula is C19H21BNO3-. The SMILES string of the molecule is c1ccc(C2(c3ccccc3)O[B-]3(OCCO3)N3CCC[C@@H]32)cc1. The molecule has 0 radical (unpaired) electrons. The largest absolute Gasteiger partial charge is 0.528 e. The van der Waals surface area contributed by atoms with Crippen molar-refractivity contribution in [1.82, 2.24) is 4.81 Å². The Hall–Kier alpha value is -1.66. The summed E-state index contributed by atoms with van der Waals surface area (Å²) >= 11 is 0. The molecule has 0 amide bonds. The molecule has 0 aromatic heterocycles. The standard InChI is InChI=1S/C19H21BNO3/c1-3-8-16(9-4-1)19(17-10-5-2-6-11-17)18-12-7-13-21(18)20(24-19)22-14-15-23-20/h1-6,8-11,18H,7,12-15H2/q-1/t18-/m1/s1. The molecule has 5 heteroatoms. The predicted octanol–water partition coefficient (Wildman–Crippen LogP) is 2.91. The Morgan fingerprint density at radius 1 is 0.875 bits per heavy atom. The minimum absolute atomic E-state index is 0.236. The van der Waals surface area contributed by atoms with Crippen molar-refractivity contribution in [2.45, 2.75) is 24.5 Å². The van der Waals surface area contributed by atoms with Crippen LogP contribution >= 0.6 is 0 Å². The van der Waals surface area contributed by atoms with Gasteiger partial charge in [-0.05, 0) is 30.5 Å². The van der Waals surface area contributed by atoms with Crippen molar-refractivity contribution in [2.24, 2.45) is 0 Å². The molecule has 24 heavy (non-hydrogen) atoms. The van der Waals surface area contributed by atoms with Crippen molar-refractivity contribution in [2.75, 3.05) is 19.8 Å². The van der Waals surface area contributed by atoms with Gasteiger partial charge in [-0.3, -0.25) is 0 Å². The van der Waals surface area contributed by atoms with E-state index < -0.39 is 12.5 Å². The summed E-state index contributed by atoms with van der Waals surface area (Å²) in [5, 5.41) is 0. The Bertz CT molecular complexity index is 678. The molecule has 3 saturated heterocycles. The maximum atomic E-state index is 6.78. The Balaban J connectivity index is 1.73. The van der Waals surface area contributed by atoms with E-state index in [1.54, 1.807) is 0 Å². The molecule has 124 valence electrons. The lowest BCUT2D eigenvalue weighted by atomic mass is 9.79. The quantitative estimate of drug-likeness (QED) is 0.796. The molecule has 0 unspecified atom stereocenters. The van der Waals surface area contributed by atoms with Gasteiger partial charge in [0.15, 0.2) is 0 Å². The van der Waals surface area contributed by atoms with Gasteiger partial charge in [-0.15, -0.1) is 0 Å². The van der Waals surface area contributed by atoms with Crippen LogP contribution in [0.1, 0.15) is 24.0 Å². The molecular weight excluding hydrogens is 301 g/mol. The number of rotatable bonds is 2. The molecule has 0 N–H and O–H groups in total. The Labute approximate surface area is 142 Å². The third-order valence-electron chi connectivity index (χ3n) is 5.65. The van der Waals surface area contributed by atoms with Gasteiger partial charge >= 0.3 is 6.89 Å². The van der Waals surface area contributed by atoms with E-state index in [1.165, 1.54) is 11.1 Å². The summed E-state index contributed by atoms with van der Waals surface area (Å²) in [4.78, 5) is 2.34. The number of fused-ring (bicyclic) bond motifs is 2. The zero-order chi connectivity index (χ0) is 16.0. The zero-order valence-corrected chi connectivity index (χ0v) is 13.6. The Morgan fingerprint density at radius 3 is 2.04 bits per heavy atom. The Morgan fingerprint density at radius 2 is 1.46 bits per heavy atom. The molecule has 3 aliphatic heterocycles. The second-order valence-electron chi connectivity index (χ2n) is 6.83. The molecule has 4 nitrogen and oxygen atoms in total. The van der Waals surface area contributed by atoms with E-state index in [4.69, 9.17) is 14.0 Å². The van der Waals surface area contributed by atoms with E-state index in [0.29, 0.717) is 13.2 Å². The van der Waals surface area contributed by atoms with Crippen molar-refractivity contribution >= 4 is 6.89 Å². The van der Waals surface area contributed by atoms with E-state index in [-0.39, 0.29) is 6.04 Å². The van der Waals surface area contributed by atoms with Crippen LogP contribution in [0.5, 0.6) is 0 Å². The summed E-state index contributed by atoms with van der Waals surface area (Å²) in [5.74, 6) is 0. The van der Waals surface area contributed by atoms with Crippen molar-refractivity contribution in [1.29, 1.82) is 0 Å². The molecule has 0 saturated carbocycles. The van der Waals surface area contributed by atoms with Gasteiger partial charge in [-0.25, -0.2) is 0 Å². The van der Waals surface area contributed by atoms with Gasteiger partial charge in [0.05, 0.1) is 5.60 Å². The molecule has 5 rings (SSSR count). The van der Waals surface area contributed by atoms with Gasteiger partial charge in [0.2, 0.25) is 0 Å². The fourth-order valence-electron chi connectivity index (χ4n) is 4.75. The zero-order valence-electron chi connectivity index (χ0n) is 13.6. The molecule has 3 aliphatic rings. The maximum absolute atomic E-state index is 6.78. The molecule has 3 heterocycles. The fraction of sp³-hybridized carbons (Fsp3) is 0.368. The summed E-state index contributed by atoms with van der Waals surface area (Å²) in [6, 6.07) is 21.3. The van der Waals surface area contributed by atoms with Crippen LogP contribution in [0.2, 0.25) is 0 Å². The highest BCUT2D eigenvalue weighted by Crippen LogP contribution is 2.53. The van der Waals surface area contributed by atoms with Gasteiger partial charge in [-0.1, -0.05) is 60.7 Å². The van der Waals surface area contributed by atoms with Crippen molar-refractivity contribution in [3.05, 3.63) is 71.8 Å². The number of benzene rings is 2. The van der Waals surface area contributed by atoms with Crippen LogP contribution < -0.4 is 0 Å². The van der Waals surface area contributed by atoms with E-state index in [1.807, 2.05) is 12.1 Å². The first kappa shape index (κ1) is 14.7. The van der Waals surface area contributed by atoms with Crippen molar-refractivity contribution in [3.63, 3.8) is 0 Å². The summed E-state index contributed by atoms with van der Waals surface area (Å²) in [6.07, 6.45) is 2.23. The lowest BCUT2D eigenvalue weighted by Gasteiger charge is -2.40. The molecule has 1 atom stereocenters. The van der Waals surface area contributed by atoms with Crippen LogP contribution in [0.4, 0.5) is 0 Å². The van der Waals surface area contributed by atoms with Gasteiger partial charge in [-0.2, -0.15) is 0 Å². The summed E-state index contributed by atoms with van der Waals surface area (Å²) in [7, 11) is 0. The topological polar surface area (TPSA) is 30.9 Å². The highest BCUT2D eigenvalue weighted by Gasteiger charge is 2.62. The van der Waals surface area contributed by atoms with Crippen LogP contribution in [0.15, 0.2) is 60.7 Å². The molecule has 3 fully saturated rings. The summed E-state index contributed by atoms with van der Waals surface area (Å²) in [6.45, 7) is 0.350. The smallest absolute Gasteiger partial charge is 0.465 e. The molecule has 2 aromatic rings. The minimum Gasteiger partial charge on any atom is -0.528 e. The normalized spacial score (nSPS) is 27.6. The highest BCUT2D eigenvalue weighted by atomic mass is 16.8. The third kappa shape index (κ3) is 1.90. The van der Waals surface area contributed by atoms with Crippen LogP contribution in [-0.2, 0) is 19.6 Å². The minimum atomic E-state index is -1.81. The van der Waals surface area contributed by atoms with Crippen LogP contribution in [-0.4, -0.2) is 37.5 Å². The van der Waals surface area contributed by atoms with E-state index in [0.717, 1.165) is 19.4 Å². The average molecular weight is 322 g/mol. The highest BCUT2D eigenvalue weighted by molar-refractivity contribution is 6.59. The lowest BCUT2D eigenvalue weighted by Crippen LogP contribution is -2.53. The molecule has 0 aliphatic carbocycles. The lowest BCUT2D eigenvalue weighted by molar-refractivity contribution is 0.0506.